The van der Waals surface area contributed by atoms with Crippen molar-refractivity contribution in [3.8, 4) is 0 Å². The summed E-state index contributed by atoms with van der Waals surface area (Å²) in [7, 11) is 0. The highest BCUT2D eigenvalue weighted by Gasteiger charge is 2.17. The first-order valence-electron chi connectivity index (χ1n) is 7.22. The van der Waals surface area contributed by atoms with Crippen LogP contribution in [0.3, 0.4) is 0 Å². The molecule has 0 atom stereocenters. The molecule has 0 aliphatic carbocycles. The number of aromatic nitrogens is 4. The van der Waals surface area contributed by atoms with Gasteiger partial charge in [0.1, 0.15) is 5.01 Å². The molecule has 0 radical (unpaired) electrons. The minimum atomic E-state index is 0.0840. The molecule has 2 aromatic heterocycles. The molecule has 0 spiro atoms. The molecular formula is C15H25N5S. The first kappa shape index (κ1) is 16.1. The lowest BCUT2D eigenvalue weighted by Gasteiger charge is -2.19. The van der Waals surface area contributed by atoms with Gasteiger partial charge >= 0.3 is 0 Å². The van der Waals surface area contributed by atoms with Crippen LogP contribution in [0.5, 0.6) is 0 Å². The standard InChI is InChI=1S/C15H25N5S/c1-14(2,3)12-10-21-13(17-12)9-20-8-11(18-19-20)7-16-15(4,5)6/h8,10,16H,7,9H2,1-6H3. The molecule has 2 rings (SSSR count). The summed E-state index contributed by atoms with van der Waals surface area (Å²) in [6, 6.07) is 0. The van der Waals surface area contributed by atoms with E-state index in [4.69, 9.17) is 0 Å². The van der Waals surface area contributed by atoms with Crippen molar-refractivity contribution in [2.24, 2.45) is 0 Å². The maximum Gasteiger partial charge on any atom is 0.114 e. The third-order valence-electron chi connectivity index (χ3n) is 3.00. The van der Waals surface area contributed by atoms with Crippen LogP contribution in [0.15, 0.2) is 11.6 Å². The third-order valence-corrected chi connectivity index (χ3v) is 3.84. The zero-order valence-electron chi connectivity index (χ0n) is 13.8. The van der Waals surface area contributed by atoms with E-state index in [1.165, 1.54) is 0 Å². The SMILES string of the molecule is CC(C)(C)NCc1cn(Cc2nc(C(C)(C)C)cs2)nn1. The minimum Gasteiger partial charge on any atom is -0.306 e. The fourth-order valence-electron chi connectivity index (χ4n) is 1.72. The second-order valence-electron chi connectivity index (χ2n) is 7.39. The molecule has 0 aliphatic heterocycles. The number of hydrogen-bond donors (Lipinski definition) is 1. The fraction of sp³-hybridized carbons (Fsp3) is 0.667. The predicted molar refractivity (Wildman–Crippen MR) is 86.5 cm³/mol. The number of nitrogens with zero attached hydrogens (tertiary/aromatic N) is 4. The maximum atomic E-state index is 4.69. The van der Waals surface area contributed by atoms with E-state index < -0.39 is 0 Å². The lowest BCUT2D eigenvalue weighted by atomic mass is 9.93. The Morgan fingerprint density at radius 2 is 1.90 bits per heavy atom. The van der Waals surface area contributed by atoms with E-state index in [-0.39, 0.29) is 11.0 Å². The van der Waals surface area contributed by atoms with Gasteiger partial charge in [0.2, 0.25) is 0 Å². The molecular weight excluding hydrogens is 282 g/mol. The molecule has 0 saturated heterocycles. The molecule has 116 valence electrons. The van der Waals surface area contributed by atoms with Gasteiger partial charge in [0.15, 0.2) is 0 Å². The van der Waals surface area contributed by atoms with Gasteiger partial charge in [-0.15, -0.1) is 16.4 Å². The van der Waals surface area contributed by atoms with Crippen molar-refractivity contribution in [2.45, 2.75) is 65.6 Å². The van der Waals surface area contributed by atoms with E-state index >= 15 is 0 Å². The Morgan fingerprint density at radius 3 is 2.48 bits per heavy atom. The van der Waals surface area contributed by atoms with Gasteiger partial charge in [-0.25, -0.2) is 9.67 Å². The summed E-state index contributed by atoms with van der Waals surface area (Å²) >= 11 is 1.68. The quantitative estimate of drug-likeness (QED) is 0.943. The van der Waals surface area contributed by atoms with Crippen LogP contribution in [-0.4, -0.2) is 25.5 Å². The topological polar surface area (TPSA) is 55.6 Å². The summed E-state index contributed by atoms with van der Waals surface area (Å²) < 4.78 is 1.85. The first-order valence-corrected chi connectivity index (χ1v) is 8.10. The Hall–Kier alpha value is -1.27. The highest BCUT2D eigenvalue weighted by atomic mass is 32.1. The van der Waals surface area contributed by atoms with E-state index in [1.807, 2.05) is 10.9 Å². The van der Waals surface area contributed by atoms with Crippen molar-refractivity contribution in [1.29, 1.82) is 0 Å². The molecule has 2 aromatic rings. The highest BCUT2D eigenvalue weighted by molar-refractivity contribution is 7.09. The number of thiazole rings is 1. The molecule has 5 nitrogen and oxygen atoms in total. The van der Waals surface area contributed by atoms with Crippen molar-refractivity contribution in [2.75, 3.05) is 0 Å². The molecule has 0 aliphatic rings. The molecule has 2 heterocycles. The number of hydrogen-bond acceptors (Lipinski definition) is 5. The molecule has 0 bridgehead atoms. The molecule has 0 saturated carbocycles. The third kappa shape index (κ3) is 4.89. The normalized spacial score (nSPS) is 12.9. The second-order valence-corrected chi connectivity index (χ2v) is 8.33. The lowest BCUT2D eigenvalue weighted by Crippen LogP contribution is -2.35. The zero-order valence-corrected chi connectivity index (χ0v) is 14.6. The molecule has 0 aromatic carbocycles. The predicted octanol–water partition coefficient (Wildman–Crippen LogP) is 2.97. The van der Waals surface area contributed by atoms with Crippen molar-refractivity contribution >= 4 is 11.3 Å². The van der Waals surface area contributed by atoms with Crippen molar-refractivity contribution in [3.63, 3.8) is 0 Å². The Balaban J connectivity index is 1.98. The first-order chi connectivity index (χ1) is 9.63. The average Bonchev–Trinajstić information content (AvgIpc) is 2.94. The van der Waals surface area contributed by atoms with Crippen molar-refractivity contribution in [1.82, 2.24) is 25.3 Å². The van der Waals surface area contributed by atoms with Crippen LogP contribution >= 0.6 is 11.3 Å². The summed E-state index contributed by atoms with van der Waals surface area (Å²) in [5.74, 6) is 0. The summed E-state index contributed by atoms with van der Waals surface area (Å²) in [5, 5.41) is 15.0. The van der Waals surface area contributed by atoms with Gasteiger partial charge in [-0.05, 0) is 20.8 Å². The van der Waals surface area contributed by atoms with E-state index in [0.29, 0.717) is 6.54 Å². The fourth-order valence-corrected chi connectivity index (χ4v) is 2.73. The van der Waals surface area contributed by atoms with E-state index in [1.54, 1.807) is 11.3 Å². The Morgan fingerprint density at radius 1 is 1.19 bits per heavy atom. The van der Waals surface area contributed by atoms with Crippen LogP contribution in [0.1, 0.15) is 57.9 Å². The summed E-state index contributed by atoms with van der Waals surface area (Å²) in [5.41, 5.74) is 2.27. The molecule has 6 heteroatoms. The summed E-state index contributed by atoms with van der Waals surface area (Å²) in [6.07, 6.45) is 1.98. The van der Waals surface area contributed by atoms with Gasteiger partial charge in [-0.2, -0.15) is 0 Å². The van der Waals surface area contributed by atoms with Crippen LogP contribution in [0.25, 0.3) is 0 Å². The molecule has 0 fully saturated rings. The van der Waals surface area contributed by atoms with E-state index in [0.717, 1.165) is 22.9 Å². The second kappa shape index (κ2) is 5.85. The van der Waals surface area contributed by atoms with Gasteiger partial charge in [0.05, 0.1) is 24.1 Å². The van der Waals surface area contributed by atoms with E-state index in [2.05, 4.69) is 67.5 Å². The van der Waals surface area contributed by atoms with Gasteiger partial charge in [-0.3, -0.25) is 0 Å². The van der Waals surface area contributed by atoms with Gasteiger partial charge in [0.25, 0.3) is 0 Å². The van der Waals surface area contributed by atoms with Crippen LogP contribution in [0.4, 0.5) is 0 Å². The smallest absolute Gasteiger partial charge is 0.114 e. The Kier molecular flexibility index (Phi) is 4.49. The molecule has 1 N–H and O–H groups in total. The van der Waals surface area contributed by atoms with Crippen LogP contribution < -0.4 is 5.32 Å². The van der Waals surface area contributed by atoms with E-state index in [9.17, 15) is 0 Å². The average molecular weight is 307 g/mol. The van der Waals surface area contributed by atoms with Gasteiger partial charge in [-0.1, -0.05) is 26.0 Å². The van der Waals surface area contributed by atoms with Gasteiger partial charge in [0, 0.05) is 22.9 Å². The largest absolute Gasteiger partial charge is 0.306 e. The Bertz CT molecular complexity index is 586. The highest BCUT2D eigenvalue weighted by Crippen LogP contribution is 2.24. The monoisotopic (exact) mass is 307 g/mol. The van der Waals surface area contributed by atoms with Crippen molar-refractivity contribution in [3.05, 3.63) is 28.0 Å². The van der Waals surface area contributed by atoms with Gasteiger partial charge < -0.3 is 5.32 Å². The van der Waals surface area contributed by atoms with Crippen molar-refractivity contribution < 1.29 is 0 Å². The van der Waals surface area contributed by atoms with Crippen LogP contribution in [-0.2, 0) is 18.5 Å². The lowest BCUT2D eigenvalue weighted by molar-refractivity contribution is 0.421. The summed E-state index contributed by atoms with van der Waals surface area (Å²) in [4.78, 5) is 4.69. The molecule has 21 heavy (non-hydrogen) atoms. The van der Waals surface area contributed by atoms with Crippen LogP contribution in [0, 0.1) is 0 Å². The molecule has 0 unspecified atom stereocenters. The number of nitrogens with one attached hydrogen (secondary N) is 1. The zero-order chi connectivity index (χ0) is 15.7. The maximum absolute atomic E-state index is 4.69. The summed E-state index contributed by atoms with van der Waals surface area (Å²) in [6.45, 7) is 14.4. The van der Waals surface area contributed by atoms with Crippen LogP contribution in [0.2, 0.25) is 0 Å². The molecule has 0 amide bonds. The number of rotatable bonds is 4. The Labute approximate surface area is 130 Å². The minimum absolute atomic E-state index is 0.0840.